The maximum absolute atomic E-state index is 5.98. The molecule has 0 aliphatic heterocycles. The minimum atomic E-state index is 0.464. The van der Waals surface area contributed by atoms with Gasteiger partial charge in [0.25, 0.3) is 0 Å². The van der Waals surface area contributed by atoms with Gasteiger partial charge in [-0.25, -0.2) is 9.97 Å². The molecule has 1 aromatic heterocycles. The molecule has 86 valence electrons. The third-order valence-electron chi connectivity index (χ3n) is 1.97. The van der Waals surface area contributed by atoms with Crippen molar-refractivity contribution in [3.05, 3.63) is 29.2 Å². The topological polar surface area (TPSA) is 35.0 Å². The van der Waals surface area contributed by atoms with Gasteiger partial charge < -0.3 is 4.74 Å². The normalized spacial score (nSPS) is 9.56. The van der Waals surface area contributed by atoms with E-state index in [2.05, 4.69) is 9.97 Å². The molecule has 0 atom stereocenters. The Morgan fingerprint density at radius 3 is 2.50 bits per heavy atom. The van der Waals surface area contributed by atoms with Gasteiger partial charge in [-0.3, -0.25) is 0 Å². The molecule has 0 N–H and O–H groups in total. The summed E-state index contributed by atoms with van der Waals surface area (Å²) in [5, 5.41) is 1.28. The van der Waals surface area contributed by atoms with Crippen molar-refractivity contribution in [3.8, 4) is 5.75 Å². The summed E-state index contributed by atoms with van der Waals surface area (Å²) < 4.78 is 5.19. The molecule has 0 saturated carbocycles. The lowest BCUT2D eigenvalue weighted by molar-refractivity contribution is 0.418. The lowest BCUT2D eigenvalue weighted by atomic mass is 10.2. The predicted octanol–water partition coefficient (Wildman–Crippen LogP) is 3.63. The third kappa shape index (κ3) is 2.42. The largest absolute Gasteiger partial charge is 0.494 e. The predicted molar refractivity (Wildman–Crippen MR) is 67.2 cm³/mol. The van der Waals surface area contributed by atoms with Crippen molar-refractivity contribution >= 4 is 22.5 Å². The molecule has 2 aromatic rings. The van der Waals surface area contributed by atoms with Crippen molar-refractivity contribution in [2.24, 2.45) is 0 Å². The number of hydrogen-bond donors (Lipinski definition) is 0. The van der Waals surface area contributed by atoms with E-state index >= 15 is 0 Å². The van der Waals surface area contributed by atoms with Crippen molar-refractivity contribution in [1.82, 2.24) is 9.97 Å². The average Bonchev–Trinajstić information content (AvgIpc) is 2.31. The van der Waals surface area contributed by atoms with Crippen LogP contribution >= 0.6 is 11.6 Å². The van der Waals surface area contributed by atoms with Gasteiger partial charge in [-0.1, -0.05) is 31.5 Å². The molecule has 0 spiro atoms. The van der Waals surface area contributed by atoms with Crippen LogP contribution in [0.3, 0.4) is 0 Å². The van der Waals surface area contributed by atoms with Crippen LogP contribution in [0, 0.1) is 6.92 Å². The summed E-state index contributed by atoms with van der Waals surface area (Å²) in [5.74, 6) is 1.36. The van der Waals surface area contributed by atoms with Gasteiger partial charge in [-0.2, -0.15) is 0 Å². The van der Waals surface area contributed by atoms with E-state index in [4.69, 9.17) is 16.3 Å². The maximum Gasteiger partial charge on any atom is 0.145 e. The Kier molecular flexibility index (Phi) is 4.50. The van der Waals surface area contributed by atoms with E-state index in [9.17, 15) is 0 Å². The molecule has 0 amide bonds. The van der Waals surface area contributed by atoms with E-state index in [1.54, 1.807) is 14.0 Å². The molecule has 0 fully saturated rings. The van der Waals surface area contributed by atoms with E-state index in [1.165, 1.54) is 0 Å². The summed E-state index contributed by atoms with van der Waals surface area (Å²) >= 11 is 5.98. The molecule has 0 saturated heterocycles. The van der Waals surface area contributed by atoms with Gasteiger partial charge in [0.15, 0.2) is 0 Å². The number of hydrogen-bond acceptors (Lipinski definition) is 3. The Bertz CT molecular complexity index is 486. The van der Waals surface area contributed by atoms with Crippen LogP contribution in [0.4, 0.5) is 0 Å². The number of benzene rings is 1. The number of aryl methyl sites for hydroxylation is 1. The van der Waals surface area contributed by atoms with E-state index in [0.717, 1.165) is 16.7 Å². The average molecular weight is 239 g/mol. The van der Waals surface area contributed by atoms with Crippen LogP contribution in [0.5, 0.6) is 5.75 Å². The molecular formula is C12H15ClN2O. The van der Waals surface area contributed by atoms with Crippen LogP contribution in [-0.4, -0.2) is 17.1 Å². The fourth-order valence-electron chi connectivity index (χ4n) is 1.36. The number of aromatic nitrogens is 2. The highest BCUT2D eigenvalue weighted by molar-refractivity contribution is 6.34. The Balaban J connectivity index is 0.000000606. The fraction of sp³-hybridized carbons (Fsp3) is 0.333. The molecule has 16 heavy (non-hydrogen) atoms. The highest BCUT2D eigenvalue weighted by Gasteiger charge is 2.07. The molecule has 0 aliphatic rings. The van der Waals surface area contributed by atoms with Crippen molar-refractivity contribution in [3.63, 3.8) is 0 Å². The van der Waals surface area contributed by atoms with Crippen molar-refractivity contribution in [2.75, 3.05) is 7.11 Å². The lowest BCUT2D eigenvalue weighted by Gasteiger charge is -2.05. The van der Waals surface area contributed by atoms with Gasteiger partial charge in [0, 0.05) is 5.39 Å². The second kappa shape index (κ2) is 5.66. The second-order valence-electron chi connectivity index (χ2n) is 2.92. The summed E-state index contributed by atoms with van der Waals surface area (Å²) in [4.78, 5) is 8.36. The van der Waals surface area contributed by atoms with Gasteiger partial charge in [0.2, 0.25) is 0 Å². The van der Waals surface area contributed by atoms with Crippen molar-refractivity contribution in [1.29, 1.82) is 0 Å². The molecule has 0 bridgehead atoms. The summed E-state index contributed by atoms with van der Waals surface area (Å²) in [6.07, 6.45) is 0. The molecule has 2 rings (SSSR count). The number of rotatable bonds is 1. The molecule has 3 nitrogen and oxygen atoms in total. The molecule has 0 aliphatic carbocycles. The minimum Gasteiger partial charge on any atom is -0.494 e. The standard InChI is InChI=1S/C10H9ClN2O.C2H6/c1-6-12-9-7(10(11)13-6)4-3-5-8(9)14-2;1-2/h3-5H,1-2H3;1-2H3. The fourth-order valence-corrected chi connectivity index (χ4v) is 1.63. The van der Waals surface area contributed by atoms with Crippen LogP contribution in [0.15, 0.2) is 18.2 Å². The molecule has 1 aromatic carbocycles. The summed E-state index contributed by atoms with van der Waals surface area (Å²) in [7, 11) is 1.61. The van der Waals surface area contributed by atoms with Crippen LogP contribution in [0.2, 0.25) is 5.15 Å². The third-order valence-corrected chi connectivity index (χ3v) is 2.26. The minimum absolute atomic E-state index is 0.464. The lowest BCUT2D eigenvalue weighted by Crippen LogP contribution is -1.93. The SMILES string of the molecule is CC.COc1cccc2c(Cl)nc(C)nc12. The summed E-state index contributed by atoms with van der Waals surface area (Å²) in [6.45, 7) is 5.80. The highest BCUT2D eigenvalue weighted by atomic mass is 35.5. The first-order valence-electron chi connectivity index (χ1n) is 5.19. The van der Waals surface area contributed by atoms with Crippen LogP contribution in [0.25, 0.3) is 10.9 Å². The zero-order chi connectivity index (χ0) is 12.1. The van der Waals surface area contributed by atoms with Crippen LogP contribution in [0.1, 0.15) is 19.7 Å². The highest BCUT2D eigenvalue weighted by Crippen LogP contribution is 2.27. The van der Waals surface area contributed by atoms with Crippen molar-refractivity contribution in [2.45, 2.75) is 20.8 Å². The Labute approximate surface area is 100 Å². The molecule has 4 heteroatoms. The first-order valence-corrected chi connectivity index (χ1v) is 5.57. The first kappa shape index (κ1) is 12.7. The number of para-hydroxylation sites is 1. The van der Waals surface area contributed by atoms with E-state index in [-0.39, 0.29) is 0 Å². The van der Waals surface area contributed by atoms with Crippen LogP contribution in [-0.2, 0) is 0 Å². The van der Waals surface area contributed by atoms with E-state index in [1.807, 2.05) is 32.0 Å². The number of ether oxygens (including phenoxy) is 1. The van der Waals surface area contributed by atoms with Gasteiger partial charge in [0.05, 0.1) is 7.11 Å². The zero-order valence-corrected chi connectivity index (χ0v) is 10.7. The first-order chi connectivity index (χ1) is 7.72. The Morgan fingerprint density at radius 1 is 1.19 bits per heavy atom. The quantitative estimate of drug-likeness (QED) is 0.712. The zero-order valence-electron chi connectivity index (χ0n) is 9.91. The molecule has 1 heterocycles. The second-order valence-corrected chi connectivity index (χ2v) is 3.28. The number of fused-ring (bicyclic) bond motifs is 1. The monoisotopic (exact) mass is 238 g/mol. The smallest absolute Gasteiger partial charge is 0.145 e. The number of nitrogens with zero attached hydrogens (tertiary/aromatic N) is 2. The number of halogens is 1. The molecule has 0 radical (unpaired) electrons. The van der Waals surface area contributed by atoms with E-state index in [0.29, 0.717) is 11.0 Å². The number of methoxy groups -OCH3 is 1. The van der Waals surface area contributed by atoms with Gasteiger partial charge in [0.1, 0.15) is 22.2 Å². The van der Waals surface area contributed by atoms with Gasteiger partial charge in [-0.15, -0.1) is 0 Å². The molecule has 0 unspecified atom stereocenters. The van der Waals surface area contributed by atoms with Gasteiger partial charge >= 0.3 is 0 Å². The Morgan fingerprint density at radius 2 is 1.88 bits per heavy atom. The van der Waals surface area contributed by atoms with E-state index < -0.39 is 0 Å². The Hall–Kier alpha value is -1.35. The molecular weight excluding hydrogens is 224 g/mol. The summed E-state index contributed by atoms with van der Waals surface area (Å²) in [5.41, 5.74) is 0.757. The van der Waals surface area contributed by atoms with Crippen LogP contribution < -0.4 is 4.74 Å². The maximum atomic E-state index is 5.98. The van der Waals surface area contributed by atoms with Gasteiger partial charge in [-0.05, 0) is 19.1 Å². The summed E-state index contributed by atoms with van der Waals surface area (Å²) in [6, 6.07) is 5.59. The van der Waals surface area contributed by atoms with Crippen molar-refractivity contribution < 1.29 is 4.74 Å².